The van der Waals surface area contributed by atoms with E-state index in [1.165, 1.54) is 0 Å². The number of rotatable bonds is 6. The third-order valence-corrected chi connectivity index (χ3v) is 2.68. The molecule has 0 saturated heterocycles. The van der Waals surface area contributed by atoms with E-state index >= 15 is 0 Å². The number of carboxylic acid groups (broad SMARTS) is 1. The van der Waals surface area contributed by atoms with Crippen LogP contribution in [0.5, 0.6) is 0 Å². The fourth-order valence-corrected chi connectivity index (χ4v) is 1.72. The molecule has 1 aromatic rings. The number of hydrogen-bond acceptors (Lipinski definition) is 2. The molecule has 0 aliphatic carbocycles. The Balaban J connectivity index is 2.69. The molecule has 1 amide bonds. The van der Waals surface area contributed by atoms with Crippen LogP contribution < -0.4 is 5.32 Å². The second-order valence-electron chi connectivity index (χ2n) is 4.93. The van der Waals surface area contributed by atoms with Crippen molar-refractivity contribution < 1.29 is 23.5 Å². The molecule has 0 bridgehead atoms. The number of aliphatic carboxylic acids is 1. The van der Waals surface area contributed by atoms with Crippen LogP contribution in [0.1, 0.15) is 25.8 Å². The van der Waals surface area contributed by atoms with Gasteiger partial charge in [0.25, 0.3) is 0 Å². The lowest BCUT2D eigenvalue weighted by molar-refractivity contribution is -0.141. The number of carboxylic acids is 1. The predicted octanol–water partition coefficient (Wildman–Crippen LogP) is 2.43. The highest BCUT2D eigenvalue weighted by molar-refractivity contribution is 5.84. The molecule has 0 aliphatic rings. The molecule has 4 nitrogen and oxygen atoms in total. The van der Waals surface area contributed by atoms with Crippen LogP contribution in [-0.2, 0) is 16.0 Å². The standard InChI is InChI=1S/C15H17F2NO3/c1-9(2)3-4-13(15(20)21)18-14(19)7-10-5-11(16)8-12(17)6-10/h3,5-6,8,13H,4,7H2,1-2H3,(H,18,19)(H,20,21)/t13-/m1/s1. The summed E-state index contributed by atoms with van der Waals surface area (Å²) in [7, 11) is 0. The highest BCUT2D eigenvalue weighted by atomic mass is 19.1. The van der Waals surface area contributed by atoms with Crippen molar-refractivity contribution in [2.24, 2.45) is 0 Å². The van der Waals surface area contributed by atoms with Gasteiger partial charge in [-0.25, -0.2) is 13.6 Å². The summed E-state index contributed by atoms with van der Waals surface area (Å²) in [5.41, 5.74) is 1.08. The fraction of sp³-hybridized carbons (Fsp3) is 0.333. The number of amides is 1. The Morgan fingerprint density at radius 1 is 1.24 bits per heavy atom. The molecule has 2 N–H and O–H groups in total. The van der Waals surface area contributed by atoms with Gasteiger partial charge in [-0.15, -0.1) is 0 Å². The van der Waals surface area contributed by atoms with Crippen LogP contribution in [-0.4, -0.2) is 23.0 Å². The zero-order chi connectivity index (χ0) is 16.0. The Bertz CT molecular complexity index is 546. The third-order valence-electron chi connectivity index (χ3n) is 2.68. The normalized spacial score (nSPS) is 11.6. The van der Waals surface area contributed by atoms with Crippen LogP contribution in [0.2, 0.25) is 0 Å². The van der Waals surface area contributed by atoms with E-state index in [1.807, 2.05) is 13.8 Å². The van der Waals surface area contributed by atoms with Gasteiger partial charge in [0.15, 0.2) is 0 Å². The zero-order valence-corrected chi connectivity index (χ0v) is 11.8. The maximum absolute atomic E-state index is 13.0. The van der Waals surface area contributed by atoms with Crippen molar-refractivity contribution in [3.8, 4) is 0 Å². The summed E-state index contributed by atoms with van der Waals surface area (Å²) in [6, 6.07) is 1.71. The molecule has 21 heavy (non-hydrogen) atoms. The Kier molecular flexibility index (Phi) is 6.02. The average Bonchev–Trinajstić information content (AvgIpc) is 2.32. The van der Waals surface area contributed by atoms with E-state index in [0.717, 1.165) is 17.7 Å². The third kappa shape index (κ3) is 6.16. The molecule has 0 radical (unpaired) electrons. The topological polar surface area (TPSA) is 66.4 Å². The van der Waals surface area contributed by atoms with Crippen molar-refractivity contribution in [2.75, 3.05) is 0 Å². The zero-order valence-electron chi connectivity index (χ0n) is 11.8. The molecule has 0 saturated carbocycles. The number of halogens is 2. The van der Waals surface area contributed by atoms with Crippen molar-refractivity contribution in [1.82, 2.24) is 5.32 Å². The van der Waals surface area contributed by atoms with Gasteiger partial charge in [-0.3, -0.25) is 4.79 Å². The molecular weight excluding hydrogens is 280 g/mol. The van der Waals surface area contributed by atoms with E-state index in [9.17, 15) is 18.4 Å². The van der Waals surface area contributed by atoms with Crippen LogP contribution in [0.4, 0.5) is 8.78 Å². The van der Waals surface area contributed by atoms with E-state index in [-0.39, 0.29) is 18.4 Å². The summed E-state index contributed by atoms with van der Waals surface area (Å²) in [4.78, 5) is 22.8. The molecule has 0 spiro atoms. The molecule has 1 atom stereocenters. The Morgan fingerprint density at radius 2 is 1.81 bits per heavy atom. The number of hydrogen-bond donors (Lipinski definition) is 2. The summed E-state index contributed by atoms with van der Waals surface area (Å²) in [5, 5.41) is 11.4. The van der Waals surface area contributed by atoms with Crippen molar-refractivity contribution in [3.05, 3.63) is 47.0 Å². The van der Waals surface area contributed by atoms with E-state index in [2.05, 4.69) is 5.32 Å². The summed E-state index contributed by atoms with van der Waals surface area (Å²) < 4.78 is 26.0. The van der Waals surface area contributed by atoms with Crippen molar-refractivity contribution in [1.29, 1.82) is 0 Å². The van der Waals surface area contributed by atoms with Crippen LogP contribution in [0, 0.1) is 11.6 Å². The molecule has 0 aliphatic heterocycles. The maximum Gasteiger partial charge on any atom is 0.326 e. The summed E-state index contributed by atoms with van der Waals surface area (Å²) in [6.07, 6.45) is 1.56. The lowest BCUT2D eigenvalue weighted by atomic mass is 10.1. The fourth-order valence-electron chi connectivity index (χ4n) is 1.72. The first-order chi connectivity index (χ1) is 9.77. The quantitative estimate of drug-likeness (QED) is 0.793. The Labute approximate surface area is 121 Å². The first-order valence-electron chi connectivity index (χ1n) is 6.38. The van der Waals surface area contributed by atoms with Crippen LogP contribution in [0.3, 0.4) is 0 Å². The van der Waals surface area contributed by atoms with Crippen molar-refractivity contribution in [2.45, 2.75) is 32.7 Å². The van der Waals surface area contributed by atoms with Gasteiger partial charge in [0.2, 0.25) is 5.91 Å². The van der Waals surface area contributed by atoms with Crippen LogP contribution >= 0.6 is 0 Å². The molecule has 114 valence electrons. The number of carbonyl (C=O) groups is 2. The van der Waals surface area contributed by atoms with Crippen LogP contribution in [0.15, 0.2) is 29.8 Å². The van der Waals surface area contributed by atoms with Gasteiger partial charge in [0.05, 0.1) is 6.42 Å². The molecular formula is C15H17F2NO3. The number of nitrogens with one attached hydrogen (secondary N) is 1. The molecule has 1 aromatic carbocycles. The predicted molar refractivity (Wildman–Crippen MR) is 73.7 cm³/mol. The lowest BCUT2D eigenvalue weighted by Crippen LogP contribution is -2.41. The van der Waals surface area contributed by atoms with E-state index in [1.54, 1.807) is 6.08 Å². The monoisotopic (exact) mass is 297 g/mol. The maximum atomic E-state index is 13.0. The van der Waals surface area contributed by atoms with Gasteiger partial charge in [0, 0.05) is 6.07 Å². The van der Waals surface area contributed by atoms with Gasteiger partial charge in [-0.05, 0) is 38.0 Å². The minimum absolute atomic E-state index is 0.149. The van der Waals surface area contributed by atoms with E-state index < -0.39 is 29.6 Å². The first kappa shape index (κ1) is 16.8. The summed E-state index contributed by atoms with van der Waals surface area (Å²) in [6.45, 7) is 3.63. The number of benzene rings is 1. The molecule has 0 aromatic heterocycles. The van der Waals surface area contributed by atoms with E-state index in [4.69, 9.17) is 5.11 Å². The molecule has 1 rings (SSSR count). The largest absolute Gasteiger partial charge is 0.480 e. The minimum Gasteiger partial charge on any atom is -0.480 e. The van der Waals surface area contributed by atoms with Crippen molar-refractivity contribution in [3.63, 3.8) is 0 Å². The molecule has 6 heteroatoms. The van der Waals surface area contributed by atoms with Gasteiger partial charge in [0.1, 0.15) is 17.7 Å². The molecule has 0 fully saturated rings. The van der Waals surface area contributed by atoms with Gasteiger partial charge in [-0.1, -0.05) is 11.6 Å². The second-order valence-corrected chi connectivity index (χ2v) is 4.93. The Morgan fingerprint density at radius 3 is 2.29 bits per heavy atom. The lowest BCUT2D eigenvalue weighted by Gasteiger charge is -2.13. The van der Waals surface area contributed by atoms with Gasteiger partial charge in [-0.2, -0.15) is 0 Å². The smallest absolute Gasteiger partial charge is 0.326 e. The molecule has 0 heterocycles. The second kappa shape index (κ2) is 7.52. The Hall–Kier alpha value is -2.24. The van der Waals surface area contributed by atoms with E-state index in [0.29, 0.717) is 6.07 Å². The number of carbonyl (C=O) groups excluding carboxylic acids is 1. The average molecular weight is 297 g/mol. The van der Waals surface area contributed by atoms with Gasteiger partial charge < -0.3 is 10.4 Å². The van der Waals surface area contributed by atoms with Gasteiger partial charge >= 0.3 is 5.97 Å². The highest BCUT2D eigenvalue weighted by Gasteiger charge is 2.19. The summed E-state index contributed by atoms with van der Waals surface area (Å²) in [5.74, 6) is -3.32. The molecule has 0 unspecified atom stereocenters. The SMILES string of the molecule is CC(C)=CC[C@@H](NC(=O)Cc1cc(F)cc(F)c1)C(=O)O. The van der Waals surface area contributed by atoms with Crippen LogP contribution in [0.25, 0.3) is 0 Å². The summed E-state index contributed by atoms with van der Waals surface area (Å²) >= 11 is 0. The first-order valence-corrected chi connectivity index (χ1v) is 6.38. The minimum atomic E-state index is -1.16. The highest BCUT2D eigenvalue weighted by Crippen LogP contribution is 2.09. The van der Waals surface area contributed by atoms with Crippen molar-refractivity contribution >= 4 is 11.9 Å². The number of allylic oxidation sites excluding steroid dienone is 1.